The van der Waals surface area contributed by atoms with Gasteiger partial charge in [0.25, 0.3) is 11.8 Å². The largest absolute Gasteiger partial charge is 0.484 e. The Morgan fingerprint density at radius 3 is 2.39 bits per heavy atom. The van der Waals surface area contributed by atoms with Crippen molar-refractivity contribution in [3.63, 3.8) is 0 Å². The van der Waals surface area contributed by atoms with E-state index >= 15 is 0 Å². The third-order valence-corrected chi connectivity index (χ3v) is 5.57. The summed E-state index contributed by atoms with van der Waals surface area (Å²) >= 11 is 5.89. The molecule has 3 rings (SSSR count). The van der Waals surface area contributed by atoms with E-state index in [1.54, 1.807) is 41.0 Å². The lowest BCUT2D eigenvalue weighted by Gasteiger charge is -2.25. The van der Waals surface area contributed by atoms with Crippen LogP contribution in [0.3, 0.4) is 0 Å². The monoisotopic (exact) mass is 444 g/mol. The molecule has 0 radical (unpaired) electrons. The number of ether oxygens (including phenoxy) is 2. The summed E-state index contributed by atoms with van der Waals surface area (Å²) in [6, 6.07) is 12.8. The number of carbonyl (C=O) groups is 2. The van der Waals surface area contributed by atoms with Crippen LogP contribution in [0.25, 0.3) is 0 Å². The second-order valence-corrected chi connectivity index (χ2v) is 8.27. The second kappa shape index (κ2) is 10.5. The Morgan fingerprint density at radius 2 is 1.68 bits per heavy atom. The van der Waals surface area contributed by atoms with Crippen molar-refractivity contribution in [2.24, 2.45) is 0 Å². The van der Waals surface area contributed by atoms with Gasteiger partial charge in [0, 0.05) is 31.2 Å². The van der Waals surface area contributed by atoms with Gasteiger partial charge < -0.3 is 19.3 Å². The van der Waals surface area contributed by atoms with Crippen molar-refractivity contribution in [2.45, 2.75) is 33.3 Å². The molecule has 0 N–H and O–H groups in total. The number of amides is 2. The molecule has 0 aromatic heterocycles. The van der Waals surface area contributed by atoms with E-state index in [0.29, 0.717) is 43.4 Å². The lowest BCUT2D eigenvalue weighted by molar-refractivity contribution is -0.138. The number of aryl methyl sites for hydroxylation is 2. The molecule has 0 aliphatic carbocycles. The van der Waals surface area contributed by atoms with E-state index in [4.69, 9.17) is 21.1 Å². The zero-order chi connectivity index (χ0) is 22.4. The van der Waals surface area contributed by atoms with Crippen LogP contribution in [0.5, 0.6) is 11.5 Å². The maximum atomic E-state index is 12.8. The van der Waals surface area contributed by atoms with Crippen LogP contribution in [0.2, 0.25) is 5.02 Å². The van der Waals surface area contributed by atoms with Gasteiger partial charge in [0.2, 0.25) is 0 Å². The smallest absolute Gasteiger partial charge is 0.263 e. The molecular formula is C24H29ClN2O4. The van der Waals surface area contributed by atoms with E-state index in [0.717, 1.165) is 16.9 Å². The summed E-state index contributed by atoms with van der Waals surface area (Å²) in [6.45, 7) is 7.87. The van der Waals surface area contributed by atoms with Crippen LogP contribution in [0.1, 0.15) is 24.5 Å². The molecule has 1 atom stereocenters. The van der Waals surface area contributed by atoms with Crippen molar-refractivity contribution in [2.75, 3.05) is 32.8 Å². The Hall–Kier alpha value is -2.73. The molecule has 7 heteroatoms. The van der Waals surface area contributed by atoms with Gasteiger partial charge in [0.05, 0.1) is 0 Å². The van der Waals surface area contributed by atoms with Crippen LogP contribution in [0, 0.1) is 13.8 Å². The lowest BCUT2D eigenvalue weighted by atomic mass is 10.1. The van der Waals surface area contributed by atoms with Gasteiger partial charge in [0.15, 0.2) is 12.7 Å². The lowest BCUT2D eigenvalue weighted by Crippen LogP contribution is -2.43. The Kier molecular flexibility index (Phi) is 7.80. The van der Waals surface area contributed by atoms with E-state index in [2.05, 4.69) is 0 Å². The van der Waals surface area contributed by atoms with Crippen molar-refractivity contribution in [3.8, 4) is 11.5 Å². The van der Waals surface area contributed by atoms with E-state index in [1.165, 1.54) is 0 Å². The SMILES string of the molecule is Cc1ccc(OCC(=O)N2CCCN(C(=O)C(C)Oc3ccc(Cl)cc3)CC2)c(C)c1. The predicted octanol–water partition coefficient (Wildman–Crippen LogP) is 3.86. The number of nitrogens with zero attached hydrogens (tertiary/aromatic N) is 2. The molecule has 1 saturated heterocycles. The van der Waals surface area contributed by atoms with Gasteiger partial charge in [-0.3, -0.25) is 9.59 Å². The predicted molar refractivity (Wildman–Crippen MR) is 121 cm³/mol. The minimum absolute atomic E-state index is 0.00602. The van der Waals surface area contributed by atoms with Crippen LogP contribution in [0.15, 0.2) is 42.5 Å². The maximum Gasteiger partial charge on any atom is 0.263 e. The van der Waals surface area contributed by atoms with E-state index in [9.17, 15) is 9.59 Å². The molecule has 2 aromatic rings. The molecular weight excluding hydrogens is 416 g/mol. The van der Waals surface area contributed by atoms with Crippen molar-refractivity contribution >= 4 is 23.4 Å². The van der Waals surface area contributed by atoms with Crippen LogP contribution in [-0.2, 0) is 9.59 Å². The molecule has 2 amide bonds. The summed E-state index contributed by atoms with van der Waals surface area (Å²) in [7, 11) is 0. The first-order chi connectivity index (χ1) is 14.8. The molecule has 0 spiro atoms. The third kappa shape index (κ3) is 6.37. The minimum atomic E-state index is -0.615. The highest BCUT2D eigenvalue weighted by atomic mass is 35.5. The minimum Gasteiger partial charge on any atom is -0.484 e. The Bertz CT molecular complexity index is 916. The fourth-order valence-corrected chi connectivity index (χ4v) is 3.73. The highest BCUT2D eigenvalue weighted by Crippen LogP contribution is 2.19. The van der Waals surface area contributed by atoms with E-state index in [-0.39, 0.29) is 18.4 Å². The summed E-state index contributed by atoms with van der Waals surface area (Å²) in [5.74, 6) is 1.16. The molecule has 1 aliphatic rings. The van der Waals surface area contributed by atoms with Gasteiger partial charge in [-0.15, -0.1) is 0 Å². The zero-order valence-corrected chi connectivity index (χ0v) is 19.0. The fraction of sp³-hybridized carbons (Fsp3) is 0.417. The average molecular weight is 445 g/mol. The van der Waals surface area contributed by atoms with Crippen molar-refractivity contribution in [1.29, 1.82) is 0 Å². The van der Waals surface area contributed by atoms with Crippen molar-refractivity contribution in [1.82, 2.24) is 9.80 Å². The Balaban J connectivity index is 1.50. The molecule has 6 nitrogen and oxygen atoms in total. The standard InChI is InChI=1S/C24H29ClN2O4/c1-17-5-10-22(18(2)15-17)30-16-23(28)26-11-4-12-27(14-13-26)24(29)19(3)31-21-8-6-20(25)7-9-21/h5-10,15,19H,4,11-14,16H2,1-3H3. The third-order valence-electron chi connectivity index (χ3n) is 5.32. The molecule has 0 bridgehead atoms. The van der Waals surface area contributed by atoms with Gasteiger partial charge in [-0.2, -0.15) is 0 Å². The van der Waals surface area contributed by atoms with Crippen LogP contribution >= 0.6 is 11.6 Å². The Labute approximate surface area is 188 Å². The van der Waals surface area contributed by atoms with Gasteiger partial charge in [-0.1, -0.05) is 29.3 Å². The van der Waals surface area contributed by atoms with Crippen LogP contribution in [0.4, 0.5) is 0 Å². The highest BCUT2D eigenvalue weighted by Gasteiger charge is 2.26. The number of rotatable bonds is 6. The normalized spacial score (nSPS) is 15.2. The summed E-state index contributed by atoms with van der Waals surface area (Å²) in [5, 5.41) is 0.616. The quantitative estimate of drug-likeness (QED) is 0.678. The van der Waals surface area contributed by atoms with Gasteiger partial charge in [-0.05, 0) is 63.1 Å². The molecule has 166 valence electrons. The number of halogens is 1. The fourth-order valence-electron chi connectivity index (χ4n) is 3.60. The average Bonchev–Trinajstić information content (AvgIpc) is 3.00. The molecule has 1 heterocycles. The van der Waals surface area contributed by atoms with Crippen LogP contribution in [-0.4, -0.2) is 60.5 Å². The van der Waals surface area contributed by atoms with Gasteiger partial charge in [-0.25, -0.2) is 0 Å². The number of hydrogen-bond acceptors (Lipinski definition) is 4. The molecule has 1 aliphatic heterocycles. The second-order valence-electron chi connectivity index (χ2n) is 7.83. The molecule has 1 unspecified atom stereocenters. The molecule has 0 saturated carbocycles. The number of carbonyl (C=O) groups excluding carboxylic acids is 2. The molecule has 2 aromatic carbocycles. The summed E-state index contributed by atoms with van der Waals surface area (Å²) in [5.41, 5.74) is 2.16. The highest BCUT2D eigenvalue weighted by molar-refractivity contribution is 6.30. The first kappa shape index (κ1) is 22.9. The number of benzene rings is 2. The summed E-state index contributed by atoms with van der Waals surface area (Å²) < 4.78 is 11.5. The zero-order valence-electron chi connectivity index (χ0n) is 18.3. The summed E-state index contributed by atoms with van der Waals surface area (Å²) in [6.07, 6.45) is 0.102. The van der Waals surface area contributed by atoms with E-state index < -0.39 is 6.10 Å². The molecule has 1 fully saturated rings. The topological polar surface area (TPSA) is 59.1 Å². The Morgan fingerprint density at radius 1 is 1.00 bits per heavy atom. The van der Waals surface area contributed by atoms with Gasteiger partial charge >= 0.3 is 0 Å². The number of hydrogen-bond donors (Lipinski definition) is 0. The first-order valence-corrected chi connectivity index (χ1v) is 10.9. The molecule has 31 heavy (non-hydrogen) atoms. The first-order valence-electron chi connectivity index (χ1n) is 10.5. The van der Waals surface area contributed by atoms with Gasteiger partial charge in [0.1, 0.15) is 11.5 Å². The van der Waals surface area contributed by atoms with Crippen molar-refractivity contribution < 1.29 is 19.1 Å². The van der Waals surface area contributed by atoms with E-state index in [1.807, 2.05) is 32.0 Å². The van der Waals surface area contributed by atoms with Crippen LogP contribution < -0.4 is 9.47 Å². The maximum absolute atomic E-state index is 12.8. The summed E-state index contributed by atoms with van der Waals surface area (Å²) in [4.78, 5) is 29.0. The van der Waals surface area contributed by atoms with Crippen molar-refractivity contribution in [3.05, 3.63) is 58.6 Å².